The fourth-order valence-electron chi connectivity index (χ4n) is 3.53. The van der Waals surface area contributed by atoms with Crippen molar-refractivity contribution in [2.24, 2.45) is 0 Å². The minimum Gasteiger partial charge on any atom is -0.206 e. The first-order valence-corrected chi connectivity index (χ1v) is 9.99. The summed E-state index contributed by atoms with van der Waals surface area (Å²) in [6, 6.07) is 14.7. The second kappa shape index (κ2) is 9.73. The number of aryl methyl sites for hydroxylation is 3. The summed E-state index contributed by atoms with van der Waals surface area (Å²) in [7, 11) is 0. The Morgan fingerprint density at radius 1 is 0.793 bits per heavy atom. The molecule has 0 aliphatic heterocycles. The van der Waals surface area contributed by atoms with Crippen LogP contribution in [-0.2, 0) is 19.3 Å². The van der Waals surface area contributed by atoms with Gasteiger partial charge in [-0.25, -0.2) is 8.78 Å². The molecule has 152 valence electrons. The van der Waals surface area contributed by atoms with E-state index in [0.29, 0.717) is 5.39 Å². The normalized spacial score (nSPS) is 11.1. The Balaban J connectivity index is 1.72. The van der Waals surface area contributed by atoms with E-state index in [1.165, 1.54) is 36.5 Å². The lowest BCUT2D eigenvalue weighted by atomic mass is 9.98. The molecule has 4 heteroatoms. The molecule has 0 saturated carbocycles. The highest BCUT2D eigenvalue weighted by molar-refractivity contribution is 5.86. The molecule has 0 atom stereocenters. The molecule has 0 nitrogen and oxygen atoms in total. The lowest BCUT2D eigenvalue weighted by Gasteiger charge is -2.08. The lowest BCUT2D eigenvalue weighted by Crippen LogP contribution is -1.95. The average Bonchev–Trinajstić information content (AvgIpc) is 2.70. The van der Waals surface area contributed by atoms with E-state index >= 15 is 0 Å². The Hall–Kier alpha value is -2.62. The topological polar surface area (TPSA) is 0 Å². The van der Waals surface area contributed by atoms with Crippen molar-refractivity contribution in [3.05, 3.63) is 88.5 Å². The summed E-state index contributed by atoms with van der Waals surface area (Å²) in [5, 5.41) is 0.513. The van der Waals surface area contributed by atoms with Gasteiger partial charge in [0.25, 0.3) is 6.08 Å². The van der Waals surface area contributed by atoms with E-state index in [4.69, 9.17) is 0 Å². The SMILES string of the molecule is CCCCCc1ccc(CCc2ccc3c(F)c(C=C(F)F)c(F)cc3c2)cc1. The highest BCUT2D eigenvalue weighted by Crippen LogP contribution is 2.27. The van der Waals surface area contributed by atoms with Gasteiger partial charge in [-0.05, 0) is 53.8 Å². The standard InChI is InChI=1S/C25H24F4/c1-2-3-4-5-17-6-8-18(9-7-17)10-11-19-12-13-21-20(14-19)15-23(26)22(25(21)29)16-24(27)28/h6-9,12-16H,2-5,10-11H2,1H3. The van der Waals surface area contributed by atoms with Crippen LogP contribution in [0.5, 0.6) is 0 Å². The van der Waals surface area contributed by atoms with Crippen LogP contribution in [0.2, 0.25) is 0 Å². The molecule has 0 aliphatic carbocycles. The Labute approximate surface area is 168 Å². The number of hydrogen-bond donors (Lipinski definition) is 0. The number of rotatable bonds is 8. The Morgan fingerprint density at radius 2 is 1.41 bits per heavy atom. The Bertz CT molecular complexity index is 1000. The van der Waals surface area contributed by atoms with Crippen molar-refractivity contribution in [2.75, 3.05) is 0 Å². The molecule has 0 radical (unpaired) electrons. The summed E-state index contributed by atoms with van der Waals surface area (Å²) in [4.78, 5) is 0. The molecule has 0 aliphatic rings. The van der Waals surface area contributed by atoms with Gasteiger partial charge in [-0.3, -0.25) is 0 Å². The number of halogens is 4. The molecule has 0 heterocycles. The van der Waals surface area contributed by atoms with Crippen molar-refractivity contribution in [1.82, 2.24) is 0 Å². The maximum atomic E-state index is 14.4. The van der Waals surface area contributed by atoms with E-state index in [-0.39, 0.29) is 11.5 Å². The van der Waals surface area contributed by atoms with E-state index < -0.39 is 23.3 Å². The largest absolute Gasteiger partial charge is 0.271 e. The van der Waals surface area contributed by atoms with Crippen molar-refractivity contribution in [3.63, 3.8) is 0 Å². The molecular weight excluding hydrogens is 376 g/mol. The van der Waals surface area contributed by atoms with Gasteiger partial charge in [0.2, 0.25) is 0 Å². The fraction of sp³-hybridized carbons (Fsp3) is 0.280. The molecule has 0 spiro atoms. The summed E-state index contributed by atoms with van der Waals surface area (Å²) in [6.45, 7) is 2.19. The van der Waals surface area contributed by atoms with Crippen molar-refractivity contribution in [2.45, 2.75) is 45.4 Å². The summed E-state index contributed by atoms with van der Waals surface area (Å²) in [6.07, 6.45) is 4.40. The monoisotopic (exact) mass is 400 g/mol. The van der Waals surface area contributed by atoms with Crippen LogP contribution in [0.3, 0.4) is 0 Å². The van der Waals surface area contributed by atoms with Crippen LogP contribution in [0.25, 0.3) is 16.8 Å². The molecule has 3 aromatic rings. The third-order valence-electron chi connectivity index (χ3n) is 5.18. The van der Waals surface area contributed by atoms with Crippen molar-refractivity contribution >= 4 is 16.8 Å². The highest BCUT2D eigenvalue weighted by atomic mass is 19.3. The summed E-state index contributed by atoms with van der Waals surface area (Å²) in [5.74, 6) is -1.95. The smallest absolute Gasteiger partial charge is 0.206 e. The van der Waals surface area contributed by atoms with Crippen LogP contribution in [0.4, 0.5) is 17.6 Å². The second-order valence-corrected chi connectivity index (χ2v) is 7.35. The third-order valence-corrected chi connectivity index (χ3v) is 5.18. The first kappa shape index (κ1) is 21.1. The van der Waals surface area contributed by atoms with Gasteiger partial charge in [0.15, 0.2) is 0 Å². The Morgan fingerprint density at radius 3 is 2.07 bits per heavy atom. The zero-order chi connectivity index (χ0) is 20.8. The third kappa shape index (κ3) is 5.47. The molecule has 0 amide bonds. The second-order valence-electron chi connectivity index (χ2n) is 7.35. The fourth-order valence-corrected chi connectivity index (χ4v) is 3.53. The molecule has 3 aromatic carbocycles. The van der Waals surface area contributed by atoms with Gasteiger partial charge >= 0.3 is 0 Å². The van der Waals surface area contributed by atoms with Crippen LogP contribution >= 0.6 is 0 Å². The molecule has 0 N–H and O–H groups in total. The summed E-state index contributed by atoms with van der Waals surface area (Å²) < 4.78 is 53.3. The number of fused-ring (bicyclic) bond motifs is 1. The van der Waals surface area contributed by atoms with Gasteiger partial charge in [0, 0.05) is 11.5 Å². The van der Waals surface area contributed by atoms with Crippen LogP contribution in [-0.4, -0.2) is 0 Å². The van der Waals surface area contributed by atoms with Gasteiger partial charge in [-0.15, -0.1) is 0 Å². The number of hydrogen-bond acceptors (Lipinski definition) is 0. The predicted molar refractivity (Wildman–Crippen MR) is 111 cm³/mol. The molecule has 0 fully saturated rings. The minimum atomic E-state index is -2.13. The minimum absolute atomic E-state index is 0.138. The predicted octanol–water partition coefficient (Wildman–Crippen LogP) is 7.87. The van der Waals surface area contributed by atoms with Gasteiger partial charge in [-0.2, -0.15) is 8.78 Å². The van der Waals surface area contributed by atoms with Crippen molar-refractivity contribution < 1.29 is 17.6 Å². The van der Waals surface area contributed by atoms with Crippen LogP contribution in [0.15, 0.2) is 54.6 Å². The molecule has 0 saturated heterocycles. The molecule has 3 rings (SSSR count). The lowest BCUT2D eigenvalue weighted by molar-refractivity contribution is 0.428. The van der Waals surface area contributed by atoms with E-state index in [9.17, 15) is 17.6 Å². The number of benzene rings is 3. The molecule has 0 aromatic heterocycles. The first-order valence-electron chi connectivity index (χ1n) is 9.99. The first-order chi connectivity index (χ1) is 14.0. The van der Waals surface area contributed by atoms with Crippen molar-refractivity contribution in [1.29, 1.82) is 0 Å². The zero-order valence-electron chi connectivity index (χ0n) is 16.5. The molecule has 0 bridgehead atoms. The molecule has 29 heavy (non-hydrogen) atoms. The van der Waals surface area contributed by atoms with Crippen LogP contribution in [0, 0.1) is 11.6 Å². The van der Waals surface area contributed by atoms with Crippen molar-refractivity contribution in [3.8, 4) is 0 Å². The summed E-state index contributed by atoms with van der Waals surface area (Å²) >= 11 is 0. The van der Waals surface area contributed by atoms with E-state index in [1.807, 2.05) is 0 Å². The van der Waals surface area contributed by atoms with Crippen LogP contribution < -0.4 is 0 Å². The number of unbranched alkanes of at least 4 members (excludes halogenated alkanes) is 2. The van der Waals surface area contributed by atoms with Crippen LogP contribution in [0.1, 0.15) is 48.4 Å². The van der Waals surface area contributed by atoms with E-state index in [2.05, 4.69) is 31.2 Å². The van der Waals surface area contributed by atoms with Gasteiger partial charge < -0.3 is 0 Å². The maximum absolute atomic E-state index is 14.4. The molecular formula is C25H24F4. The van der Waals surface area contributed by atoms with E-state index in [1.54, 1.807) is 12.1 Å². The van der Waals surface area contributed by atoms with E-state index in [0.717, 1.165) is 30.9 Å². The Kier molecular flexibility index (Phi) is 7.08. The quantitative estimate of drug-likeness (QED) is 0.266. The average molecular weight is 400 g/mol. The molecule has 0 unspecified atom stereocenters. The van der Waals surface area contributed by atoms with Gasteiger partial charge in [0.05, 0.1) is 5.56 Å². The maximum Gasteiger partial charge on any atom is 0.271 e. The zero-order valence-corrected chi connectivity index (χ0v) is 16.5. The highest BCUT2D eigenvalue weighted by Gasteiger charge is 2.13. The summed E-state index contributed by atoms with van der Waals surface area (Å²) in [5.41, 5.74) is 2.79. The van der Waals surface area contributed by atoms with Gasteiger partial charge in [0.1, 0.15) is 11.6 Å². The van der Waals surface area contributed by atoms with Gasteiger partial charge in [-0.1, -0.05) is 62.2 Å².